The minimum Gasteiger partial charge on any atom is -0.465 e. The number of rotatable bonds is 7. The van der Waals surface area contributed by atoms with Crippen molar-refractivity contribution in [2.75, 3.05) is 23.3 Å². The van der Waals surface area contributed by atoms with Gasteiger partial charge in [0, 0.05) is 0 Å². The third kappa shape index (κ3) is 5.53. The lowest BCUT2D eigenvalue weighted by atomic mass is 10.1. The Hall–Kier alpha value is -3.36. The summed E-state index contributed by atoms with van der Waals surface area (Å²) in [6.07, 6.45) is 0. The monoisotopic (exact) mass is 486 g/mol. The Morgan fingerprint density at radius 1 is 0.970 bits per heavy atom. The highest BCUT2D eigenvalue weighted by Crippen LogP contribution is 2.27. The Morgan fingerprint density at radius 2 is 1.67 bits per heavy atom. The van der Waals surface area contributed by atoms with Gasteiger partial charge in [0.25, 0.3) is 10.0 Å². The summed E-state index contributed by atoms with van der Waals surface area (Å²) < 4.78 is 32.6. The number of carbonyl (C=O) groups is 2. The number of nitrogens with zero attached hydrogens (tertiary/aromatic N) is 1. The van der Waals surface area contributed by atoms with Gasteiger partial charge in [-0.15, -0.1) is 0 Å². The van der Waals surface area contributed by atoms with E-state index in [4.69, 9.17) is 16.3 Å². The lowest BCUT2D eigenvalue weighted by molar-refractivity contribution is -0.114. The van der Waals surface area contributed by atoms with Crippen LogP contribution in [0, 0.1) is 13.8 Å². The van der Waals surface area contributed by atoms with E-state index in [9.17, 15) is 18.0 Å². The highest BCUT2D eigenvalue weighted by Gasteiger charge is 2.27. The number of hydrogen-bond acceptors (Lipinski definition) is 5. The molecule has 172 valence electrons. The molecule has 0 saturated carbocycles. The second-order valence-corrected chi connectivity index (χ2v) is 9.60. The number of carbonyl (C=O) groups excluding carboxylic acids is 2. The van der Waals surface area contributed by atoms with Crippen molar-refractivity contribution in [1.29, 1.82) is 0 Å². The fourth-order valence-corrected chi connectivity index (χ4v) is 4.70. The van der Waals surface area contributed by atoms with Crippen molar-refractivity contribution in [3.05, 3.63) is 88.4 Å². The van der Waals surface area contributed by atoms with Gasteiger partial charge in [-0.2, -0.15) is 0 Å². The van der Waals surface area contributed by atoms with Crippen LogP contribution in [0.15, 0.2) is 71.6 Å². The number of nitrogens with one attached hydrogen (secondary N) is 1. The van der Waals surface area contributed by atoms with Crippen molar-refractivity contribution in [2.45, 2.75) is 18.7 Å². The number of amides is 1. The molecular weight excluding hydrogens is 464 g/mol. The maximum absolute atomic E-state index is 13.4. The molecule has 0 unspecified atom stereocenters. The largest absolute Gasteiger partial charge is 0.465 e. The van der Waals surface area contributed by atoms with E-state index in [1.807, 2.05) is 13.8 Å². The zero-order chi connectivity index (χ0) is 24.2. The van der Waals surface area contributed by atoms with Crippen LogP contribution in [0.1, 0.15) is 21.5 Å². The molecule has 7 nitrogen and oxygen atoms in total. The Labute approximate surface area is 198 Å². The van der Waals surface area contributed by atoms with Gasteiger partial charge in [0.15, 0.2) is 0 Å². The van der Waals surface area contributed by atoms with Crippen molar-refractivity contribution >= 4 is 44.9 Å². The van der Waals surface area contributed by atoms with Crippen LogP contribution in [0.2, 0.25) is 5.02 Å². The summed E-state index contributed by atoms with van der Waals surface area (Å²) in [6, 6.07) is 17.3. The van der Waals surface area contributed by atoms with E-state index in [1.54, 1.807) is 36.4 Å². The van der Waals surface area contributed by atoms with Gasteiger partial charge < -0.3 is 10.1 Å². The molecule has 0 aliphatic heterocycles. The van der Waals surface area contributed by atoms with Crippen molar-refractivity contribution in [1.82, 2.24) is 0 Å². The average molecular weight is 487 g/mol. The third-order valence-corrected chi connectivity index (χ3v) is 7.18. The summed E-state index contributed by atoms with van der Waals surface area (Å²) in [7, 11) is -2.80. The van der Waals surface area contributed by atoms with Crippen molar-refractivity contribution in [3.8, 4) is 0 Å². The molecule has 1 amide bonds. The molecule has 33 heavy (non-hydrogen) atoms. The Kier molecular flexibility index (Phi) is 7.40. The van der Waals surface area contributed by atoms with E-state index in [0.717, 1.165) is 15.4 Å². The van der Waals surface area contributed by atoms with Gasteiger partial charge in [-0.1, -0.05) is 35.9 Å². The van der Waals surface area contributed by atoms with Gasteiger partial charge in [-0.3, -0.25) is 9.10 Å². The van der Waals surface area contributed by atoms with E-state index in [2.05, 4.69) is 5.32 Å². The van der Waals surface area contributed by atoms with Crippen LogP contribution < -0.4 is 9.62 Å². The molecule has 0 radical (unpaired) electrons. The maximum atomic E-state index is 13.4. The number of sulfonamides is 1. The molecule has 0 fully saturated rings. The summed E-state index contributed by atoms with van der Waals surface area (Å²) >= 11 is 6.17. The second-order valence-electron chi connectivity index (χ2n) is 7.33. The van der Waals surface area contributed by atoms with Gasteiger partial charge in [-0.05, 0) is 67.4 Å². The topological polar surface area (TPSA) is 92.8 Å². The van der Waals surface area contributed by atoms with Crippen LogP contribution in [-0.4, -0.2) is 33.9 Å². The number of anilines is 2. The summed E-state index contributed by atoms with van der Waals surface area (Å²) in [5.74, 6) is -1.22. The minimum atomic E-state index is -4.04. The van der Waals surface area contributed by atoms with Gasteiger partial charge >= 0.3 is 5.97 Å². The maximum Gasteiger partial charge on any atom is 0.337 e. The number of benzene rings is 3. The van der Waals surface area contributed by atoms with E-state index in [-0.39, 0.29) is 21.2 Å². The predicted octanol–water partition coefficient (Wildman–Crippen LogP) is 4.58. The molecular formula is C24H23ClN2O5S. The third-order valence-electron chi connectivity index (χ3n) is 5.06. The molecule has 3 aromatic rings. The van der Waals surface area contributed by atoms with Crippen molar-refractivity contribution in [2.24, 2.45) is 0 Å². The molecule has 0 bridgehead atoms. The quantitative estimate of drug-likeness (QED) is 0.493. The summed E-state index contributed by atoms with van der Waals surface area (Å²) in [5.41, 5.74) is 2.59. The number of hydrogen-bond donors (Lipinski definition) is 1. The molecule has 0 aromatic heterocycles. The standard InChI is InChI=1S/C24H23ClN2O5S/c1-16-9-11-19(13-17(16)2)27(33(30,31)20-7-5-4-6-8-20)15-23(28)26-22-14-18(24(29)32-3)10-12-21(22)25/h4-14H,15H2,1-3H3,(H,26,28). The van der Waals surface area contributed by atoms with Crippen molar-refractivity contribution < 1.29 is 22.7 Å². The number of ether oxygens (including phenoxy) is 1. The fraction of sp³-hybridized carbons (Fsp3) is 0.167. The number of esters is 1. The zero-order valence-corrected chi connectivity index (χ0v) is 19.9. The first kappa shape index (κ1) is 24.3. The second kappa shape index (κ2) is 10.1. The summed E-state index contributed by atoms with van der Waals surface area (Å²) in [6.45, 7) is 3.28. The molecule has 0 aliphatic rings. The number of halogens is 1. The Balaban J connectivity index is 1.96. The Morgan fingerprint density at radius 3 is 2.30 bits per heavy atom. The average Bonchev–Trinajstić information content (AvgIpc) is 2.80. The first-order valence-electron chi connectivity index (χ1n) is 9.96. The Bertz CT molecular complexity index is 1290. The van der Waals surface area contributed by atoms with Gasteiger partial charge in [-0.25, -0.2) is 13.2 Å². The van der Waals surface area contributed by atoms with E-state index in [0.29, 0.717) is 5.69 Å². The molecule has 9 heteroatoms. The molecule has 0 heterocycles. The smallest absolute Gasteiger partial charge is 0.337 e. The normalized spacial score (nSPS) is 11.0. The van der Waals surface area contributed by atoms with Gasteiger partial charge in [0.2, 0.25) is 5.91 Å². The molecule has 0 saturated heterocycles. The number of methoxy groups -OCH3 is 1. The summed E-state index contributed by atoms with van der Waals surface area (Å²) in [4.78, 5) is 24.8. The molecule has 0 aliphatic carbocycles. The van der Waals surface area contributed by atoms with Gasteiger partial charge in [0.1, 0.15) is 6.54 Å². The summed E-state index contributed by atoms with van der Waals surface area (Å²) in [5, 5.41) is 2.79. The highest BCUT2D eigenvalue weighted by molar-refractivity contribution is 7.92. The SMILES string of the molecule is COC(=O)c1ccc(Cl)c(NC(=O)CN(c2ccc(C)c(C)c2)S(=O)(=O)c2ccccc2)c1. The zero-order valence-electron chi connectivity index (χ0n) is 18.3. The van der Waals surface area contributed by atoms with E-state index >= 15 is 0 Å². The molecule has 3 rings (SSSR count). The number of aryl methyl sites for hydroxylation is 2. The predicted molar refractivity (Wildman–Crippen MR) is 128 cm³/mol. The van der Waals surface area contributed by atoms with Crippen LogP contribution >= 0.6 is 11.6 Å². The van der Waals surface area contributed by atoms with Crippen LogP contribution in [0.4, 0.5) is 11.4 Å². The van der Waals surface area contributed by atoms with Crippen LogP contribution in [0.25, 0.3) is 0 Å². The van der Waals surface area contributed by atoms with Crippen LogP contribution in [0.5, 0.6) is 0 Å². The van der Waals surface area contributed by atoms with Gasteiger partial charge in [0.05, 0.1) is 34.0 Å². The first-order valence-corrected chi connectivity index (χ1v) is 11.8. The van der Waals surface area contributed by atoms with E-state index in [1.165, 1.54) is 37.4 Å². The van der Waals surface area contributed by atoms with Crippen LogP contribution in [-0.2, 0) is 19.6 Å². The fourth-order valence-electron chi connectivity index (χ4n) is 3.10. The minimum absolute atomic E-state index is 0.0572. The molecule has 0 spiro atoms. The lowest BCUT2D eigenvalue weighted by Gasteiger charge is -2.25. The molecule has 0 atom stereocenters. The van der Waals surface area contributed by atoms with E-state index < -0.39 is 28.4 Å². The first-order chi connectivity index (χ1) is 15.6. The van der Waals surface area contributed by atoms with Crippen molar-refractivity contribution in [3.63, 3.8) is 0 Å². The lowest BCUT2D eigenvalue weighted by Crippen LogP contribution is -2.38. The van der Waals surface area contributed by atoms with Crippen LogP contribution in [0.3, 0.4) is 0 Å². The molecule has 3 aromatic carbocycles. The molecule has 1 N–H and O–H groups in total. The highest BCUT2D eigenvalue weighted by atomic mass is 35.5.